The Morgan fingerprint density at radius 2 is 1.83 bits per heavy atom. The van der Waals surface area contributed by atoms with E-state index in [9.17, 15) is 18.0 Å². The lowest BCUT2D eigenvalue weighted by Crippen LogP contribution is -2.26. The molecule has 6 nitrogen and oxygen atoms in total. The van der Waals surface area contributed by atoms with Crippen LogP contribution in [0.1, 0.15) is 27.3 Å². The zero-order chi connectivity index (χ0) is 21.6. The van der Waals surface area contributed by atoms with Crippen molar-refractivity contribution in [1.82, 2.24) is 9.78 Å². The molecule has 30 heavy (non-hydrogen) atoms. The summed E-state index contributed by atoms with van der Waals surface area (Å²) in [6, 6.07) is 11.5. The van der Waals surface area contributed by atoms with E-state index in [2.05, 4.69) is 5.10 Å². The van der Waals surface area contributed by atoms with Crippen molar-refractivity contribution >= 4 is 11.6 Å². The first-order chi connectivity index (χ1) is 14.2. The Balaban J connectivity index is 1.66. The minimum atomic E-state index is -4.50. The largest absolute Gasteiger partial charge is 0.454 e. The molecule has 0 atom stereocenters. The van der Waals surface area contributed by atoms with E-state index in [4.69, 9.17) is 9.47 Å². The summed E-state index contributed by atoms with van der Waals surface area (Å²) in [5, 5.41) is 4.03. The van der Waals surface area contributed by atoms with Crippen LogP contribution in [-0.4, -0.2) is 29.5 Å². The smallest absolute Gasteiger partial charge is 0.419 e. The monoisotopic (exact) mass is 417 g/mol. The number of hydrogen-bond acceptors (Lipinski definition) is 4. The maximum absolute atomic E-state index is 13.3. The summed E-state index contributed by atoms with van der Waals surface area (Å²) in [5.74, 6) is 0.822. The van der Waals surface area contributed by atoms with Crippen LogP contribution in [0.15, 0.2) is 42.5 Å². The first-order valence-corrected chi connectivity index (χ1v) is 9.08. The van der Waals surface area contributed by atoms with E-state index in [1.165, 1.54) is 29.5 Å². The Bertz CT molecular complexity index is 1140. The number of amides is 1. The molecule has 2 heterocycles. The third-order valence-corrected chi connectivity index (χ3v) is 4.96. The molecule has 0 fully saturated rings. The first-order valence-electron chi connectivity index (χ1n) is 9.08. The Labute approximate surface area is 170 Å². The summed E-state index contributed by atoms with van der Waals surface area (Å²) < 4.78 is 51.7. The second-order valence-corrected chi connectivity index (χ2v) is 6.91. The van der Waals surface area contributed by atoms with Crippen molar-refractivity contribution < 1.29 is 27.4 Å². The molecule has 3 aromatic rings. The zero-order valence-electron chi connectivity index (χ0n) is 16.4. The predicted octanol–water partition coefficient (Wildman–Crippen LogP) is 4.51. The Morgan fingerprint density at radius 1 is 1.10 bits per heavy atom. The molecule has 2 aromatic carbocycles. The Morgan fingerprint density at radius 3 is 2.53 bits per heavy atom. The van der Waals surface area contributed by atoms with Crippen LogP contribution in [0.3, 0.4) is 0 Å². The molecule has 1 amide bonds. The minimum absolute atomic E-state index is 0.0336. The summed E-state index contributed by atoms with van der Waals surface area (Å²) in [4.78, 5) is 14.4. The van der Waals surface area contributed by atoms with Gasteiger partial charge in [-0.2, -0.15) is 18.3 Å². The SMILES string of the molecule is Cc1nn(-c2cccc(C(=O)N(C)c3ccc4c(c3)OCO4)c2)c(C)c1C(F)(F)F. The number of rotatable bonds is 3. The molecule has 0 radical (unpaired) electrons. The third kappa shape index (κ3) is 3.36. The lowest BCUT2D eigenvalue weighted by molar-refractivity contribution is -0.138. The molecule has 1 aliphatic rings. The summed E-state index contributed by atoms with van der Waals surface area (Å²) in [6.45, 7) is 2.80. The molecule has 0 saturated heterocycles. The summed E-state index contributed by atoms with van der Waals surface area (Å²) in [6.07, 6.45) is -4.50. The molecule has 9 heteroatoms. The van der Waals surface area contributed by atoms with Crippen molar-refractivity contribution in [3.8, 4) is 17.2 Å². The molecule has 0 saturated carbocycles. The van der Waals surface area contributed by atoms with E-state index in [0.29, 0.717) is 28.4 Å². The van der Waals surface area contributed by atoms with Crippen molar-refractivity contribution in [2.24, 2.45) is 0 Å². The van der Waals surface area contributed by atoms with Gasteiger partial charge >= 0.3 is 6.18 Å². The predicted molar refractivity (Wildman–Crippen MR) is 103 cm³/mol. The minimum Gasteiger partial charge on any atom is -0.454 e. The summed E-state index contributed by atoms with van der Waals surface area (Å²) in [7, 11) is 1.61. The van der Waals surface area contributed by atoms with Gasteiger partial charge in [0.1, 0.15) is 0 Å². The Hall–Kier alpha value is -3.49. The van der Waals surface area contributed by atoms with Crippen LogP contribution in [0.5, 0.6) is 11.5 Å². The summed E-state index contributed by atoms with van der Waals surface area (Å²) >= 11 is 0. The van der Waals surface area contributed by atoms with Gasteiger partial charge in [-0.05, 0) is 44.2 Å². The van der Waals surface area contributed by atoms with Gasteiger partial charge < -0.3 is 14.4 Å². The number of alkyl halides is 3. The fourth-order valence-electron chi connectivity index (χ4n) is 3.48. The maximum Gasteiger partial charge on any atom is 0.419 e. The Kier molecular flexibility index (Phi) is 4.68. The molecule has 0 aliphatic carbocycles. The van der Waals surface area contributed by atoms with Crippen molar-refractivity contribution in [3.63, 3.8) is 0 Å². The number of carbonyl (C=O) groups is 1. The topological polar surface area (TPSA) is 56.6 Å². The number of nitrogens with zero attached hydrogens (tertiary/aromatic N) is 3. The molecule has 1 aromatic heterocycles. The van der Waals surface area contributed by atoms with Crippen molar-refractivity contribution in [2.75, 3.05) is 18.7 Å². The second-order valence-electron chi connectivity index (χ2n) is 6.91. The van der Waals surface area contributed by atoms with Crippen LogP contribution in [-0.2, 0) is 6.18 Å². The molecular formula is C21H18F3N3O3. The first kappa shape index (κ1) is 19.8. The average molecular weight is 417 g/mol. The van der Waals surface area contributed by atoms with E-state index in [0.717, 1.165) is 0 Å². The van der Waals surface area contributed by atoms with Crippen molar-refractivity contribution in [1.29, 1.82) is 0 Å². The van der Waals surface area contributed by atoms with Crippen LogP contribution in [0.4, 0.5) is 18.9 Å². The van der Waals surface area contributed by atoms with Gasteiger partial charge in [0.2, 0.25) is 6.79 Å². The van der Waals surface area contributed by atoms with Crippen LogP contribution in [0.25, 0.3) is 5.69 Å². The van der Waals surface area contributed by atoms with E-state index >= 15 is 0 Å². The quantitative estimate of drug-likeness (QED) is 0.629. The van der Waals surface area contributed by atoms with E-state index in [1.54, 1.807) is 43.4 Å². The van der Waals surface area contributed by atoms with Gasteiger partial charge in [0.25, 0.3) is 5.91 Å². The number of aromatic nitrogens is 2. The van der Waals surface area contributed by atoms with Gasteiger partial charge in [0.15, 0.2) is 11.5 Å². The lowest BCUT2D eigenvalue weighted by Gasteiger charge is -2.18. The van der Waals surface area contributed by atoms with E-state index in [-0.39, 0.29) is 24.1 Å². The molecule has 0 unspecified atom stereocenters. The maximum atomic E-state index is 13.3. The van der Waals surface area contributed by atoms with Crippen LogP contribution >= 0.6 is 0 Å². The van der Waals surface area contributed by atoms with Gasteiger partial charge in [-0.15, -0.1) is 0 Å². The molecule has 0 spiro atoms. The number of anilines is 1. The molecular weight excluding hydrogens is 399 g/mol. The van der Waals surface area contributed by atoms with Gasteiger partial charge in [0, 0.05) is 24.4 Å². The molecule has 4 rings (SSSR count). The van der Waals surface area contributed by atoms with E-state index in [1.807, 2.05) is 0 Å². The van der Waals surface area contributed by atoms with Gasteiger partial charge in [-0.3, -0.25) is 4.79 Å². The fraction of sp³-hybridized carbons (Fsp3) is 0.238. The number of fused-ring (bicyclic) bond motifs is 1. The van der Waals surface area contributed by atoms with E-state index < -0.39 is 11.7 Å². The molecule has 1 aliphatic heterocycles. The normalized spacial score (nSPS) is 12.9. The highest BCUT2D eigenvalue weighted by Gasteiger charge is 2.37. The standard InChI is InChI=1S/C21H18F3N3O3/c1-12-19(21(22,23)24)13(2)27(25-12)16-6-4-5-14(9-16)20(28)26(3)15-7-8-17-18(10-15)30-11-29-17/h4-10H,11H2,1-3H3. The van der Waals surface area contributed by atoms with Gasteiger partial charge in [-0.25, -0.2) is 4.68 Å². The molecule has 156 valence electrons. The van der Waals surface area contributed by atoms with Crippen molar-refractivity contribution in [3.05, 3.63) is 65.0 Å². The number of hydrogen-bond donors (Lipinski definition) is 0. The van der Waals surface area contributed by atoms with Crippen LogP contribution < -0.4 is 14.4 Å². The van der Waals surface area contributed by atoms with Crippen LogP contribution in [0, 0.1) is 13.8 Å². The average Bonchev–Trinajstić information content (AvgIpc) is 3.29. The third-order valence-electron chi connectivity index (χ3n) is 4.96. The number of ether oxygens (including phenoxy) is 2. The number of aryl methyl sites for hydroxylation is 1. The number of halogens is 3. The fourth-order valence-corrected chi connectivity index (χ4v) is 3.48. The lowest BCUT2D eigenvalue weighted by atomic mass is 10.1. The number of benzene rings is 2. The van der Waals surface area contributed by atoms with Gasteiger partial charge in [0.05, 0.1) is 22.6 Å². The highest BCUT2D eigenvalue weighted by atomic mass is 19.4. The molecule has 0 bridgehead atoms. The highest BCUT2D eigenvalue weighted by molar-refractivity contribution is 6.06. The highest BCUT2D eigenvalue weighted by Crippen LogP contribution is 2.36. The van der Waals surface area contributed by atoms with Crippen LogP contribution in [0.2, 0.25) is 0 Å². The summed E-state index contributed by atoms with van der Waals surface area (Å²) in [5.41, 5.74) is 0.365. The van der Waals surface area contributed by atoms with Gasteiger partial charge in [-0.1, -0.05) is 6.07 Å². The number of carbonyl (C=O) groups excluding carboxylic acids is 1. The molecule has 0 N–H and O–H groups in total. The van der Waals surface area contributed by atoms with Crippen molar-refractivity contribution in [2.45, 2.75) is 20.0 Å². The zero-order valence-corrected chi connectivity index (χ0v) is 16.4. The second kappa shape index (κ2) is 7.08.